The molecule has 0 saturated heterocycles. The van der Waals surface area contributed by atoms with Crippen LogP contribution in [0.25, 0.3) is 0 Å². The number of hydrogen-bond donors (Lipinski definition) is 14. The molecule has 24 nitrogen and oxygen atoms in total. The number of anilines is 2. The topological polar surface area (TPSA) is 378 Å². The van der Waals surface area contributed by atoms with E-state index in [1.807, 2.05) is 0 Å². The number of amides is 6. The molecule has 382 valence electrons. The van der Waals surface area contributed by atoms with Gasteiger partial charge in [-0.3, -0.25) is 28.8 Å². The highest BCUT2D eigenvalue weighted by atomic mass is 127. The third-order valence-electron chi connectivity index (χ3n) is 9.19. The summed E-state index contributed by atoms with van der Waals surface area (Å²) >= 11 is 10.4. The van der Waals surface area contributed by atoms with Crippen molar-refractivity contribution in [1.29, 1.82) is 0 Å². The Bertz CT molecular complexity index is 1880. The molecular weight excluding hydrogens is 1590 g/mol. The highest BCUT2D eigenvalue weighted by molar-refractivity contribution is 14.1. The van der Waals surface area contributed by atoms with Crippen molar-refractivity contribution < 1.29 is 89.3 Å². The van der Waals surface area contributed by atoms with Gasteiger partial charge in [-0.2, -0.15) is 0 Å². The zero-order valence-corrected chi connectivity index (χ0v) is 48.8. The van der Waals surface area contributed by atoms with Crippen LogP contribution in [0.1, 0.15) is 41.4 Å². The minimum atomic E-state index is -1.99. The van der Waals surface area contributed by atoms with Crippen LogP contribution in [0.2, 0.25) is 0 Å². The molecule has 0 fully saturated rings. The van der Waals surface area contributed by atoms with E-state index < -0.39 is 151 Å². The maximum Gasteiger partial charge on any atom is 0.253 e. The van der Waals surface area contributed by atoms with Gasteiger partial charge in [0.15, 0.2) is 0 Å². The fraction of sp³-hybridized carbons (Fsp3) is 0.526. The Kier molecular flexibility index (Phi) is 28.9. The molecule has 30 heteroatoms. The zero-order chi connectivity index (χ0) is 51.7. The molecule has 2 aromatic carbocycles. The highest BCUT2D eigenvalue weighted by Crippen LogP contribution is 2.40. The maximum atomic E-state index is 14.0. The molecule has 0 bridgehead atoms. The van der Waals surface area contributed by atoms with Gasteiger partial charge in [0.05, 0.1) is 124 Å². The van der Waals surface area contributed by atoms with E-state index in [1.54, 1.807) is 136 Å². The van der Waals surface area contributed by atoms with Crippen LogP contribution in [0.4, 0.5) is 11.4 Å². The third kappa shape index (κ3) is 17.1. The van der Waals surface area contributed by atoms with Gasteiger partial charge in [0, 0.05) is 47.5 Å². The number of carbonyl (C=O) groups is 6. The van der Waals surface area contributed by atoms with Gasteiger partial charge in [0.1, 0.15) is 13.2 Å². The molecule has 68 heavy (non-hydrogen) atoms. The fourth-order valence-corrected chi connectivity index (χ4v) is 15.1. The first-order chi connectivity index (χ1) is 32.0. The van der Waals surface area contributed by atoms with Gasteiger partial charge in [-0.25, -0.2) is 0 Å². The van der Waals surface area contributed by atoms with E-state index in [2.05, 4.69) is 21.3 Å². The van der Waals surface area contributed by atoms with Crippen LogP contribution >= 0.6 is 136 Å². The van der Waals surface area contributed by atoms with Crippen LogP contribution in [0.3, 0.4) is 0 Å². The van der Waals surface area contributed by atoms with Gasteiger partial charge in [0.2, 0.25) is 0 Å². The van der Waals surface area contributed by atoms with Crippen molar-refractivity contribution >= 4 is 182 Å². The molecule has 0 aliphatic rings. The van der Waals surface area contributed by atoms with Crippen molar-refractivity contribution in [3.63, 3.8) is 0 Å². The Morgan fingerprint density at radius 2 is 0.662 bits per heavy atom. The van der Waals surface area contributed by atoms with Gasteiger partial charge in [-0.05, 0) is 136 Å². The summed E-state index contributed by atoms with van der Waals surface area (Å²) in [5.41, 5.74) is -1.06. The number of halogens is 6. The lowest BCUT2D eigenvalue weighted by atomic mass is 10.0. The van der Waals surface area contributed by atoms with Crippen LogP contribution in [0.15, 0.2) is 0 Å². The molecule has 2 aromatic rings. The number of methoxy groups -OCH3 is 2. The van der Waals surface area contributed by atoms with Crippen LogP contribution in [-0.2, 0) is 19.1 Å². The fourth-order valence-electron chi connectivity index (χ4n) is 5.68. The Hall–Kier alpha value is -0.840. The van der Waals surface area contributed by atoms with Gasteiger partial charge in [-0.1, -0.05) is 0 Å². The number of ether oxygens (including phenoxy) is 2. The summed E-state index contributed by atoms with van der Waals surface area (Å²) in [7, 11) is 2.39. The predicted molar refractivity (Wildman–Crippen MR) is 291 cm³/mol. The Balaban J connectivity index is 2.92. The summed E-state index contributed by atoms with van der Waals surface area (Å²) in [5, 5.41) is 111. The van der Waals surface area contributed by atoms with Crippen LogP contribution in [-0.4, -0.2) is 216 Å². The van der Waals surface area contributed by atoms with Crippen molar-refractivity contribution in [2.75, 3.05) is 103 Å². The molecule has 0 aliphatic heterocycles. The van der Waals surface area contributed by atoms with Crippen LogP contribution in [0.5, 0.6) is 0 Å². The molecule has 0 spiro atoms. The first-order valence-electron chi connectivity index (χ1n) is 19.6. The lowest BCUT2D eigenvalue weighted by Crippen LogP contribution is -2.50. The third-order valence-corrected chi connectivity index (χ3v) is 15.6. The first kappa shape index (κ1) is 63.3. The van der Waals surface area contributed by atoms with Crippen molar-refractivity contribution in [2.45, 2.75) is 36.6 Å². The molecule has 0 saturated carbocycles. The molecule has 14 N–H and O–H groups in total. The van der Waals surface area contributed by atoms with Crippen molar-refractivity contribution in [3.8, 4) is 0 Å². The van der Waals surface area contributed by atoms with E-state index in [0.29, 0.717) is 0 Å². The number of hydrogen-bond acceptors (Lipinski definition) is 18. The van der Waals surface area contributed by atoms with Crippen LogP contribution in [0, 0.1) is 21.4 Å². The molecule has 6 amide bonds. The summed E-state index contributed by atoms with van der Waals surface area (Å²) in [6.07, 6.45) is -9.47. The molecule has 6 atom stereocenters. The average molecular weight is 1640 g/mol. The second-order valence-corrected chi connectivity index (χ2v) is 20.7. The molecular formula is C38H50I6N6O18. The first-order valence-corrected chi connectivity index (χ1v) is 26.1. The normalized spacial score (nSPS) is 14.0. The lowest BCUT2D eigenvalue weighted by Gasteiger charge is -2.33. The van der Waals surface area contributed by atoms with E-state index in [0.717, 1.165) is 9.80 Å². The van der Waals surface area contributed by atoms with E-state index in [4.69, 9.17) is 9.47 Å². The highest BCUT2D eigenvalue weighted by Gasteiger charge is 2.37. The summed E-state index contributed by atoms with van der Waals surface area (Å²) in [5.74, 6) is -5.18. The number of benzene rings is 2. The van der Waals surface area contributed by atoms with E-state index in [-0.39, 0.29) is 55.0 Å². The van der Waals surface area contributed by atoms with Gasteiger partial charge < -0.3 is 91.6 Å². The Morgan fingerprint density at radius 3 is 0.853 bits per heavy atom. The number of carbonyl (C=O) groups excluding carboxylic acids is 6. The number of nitrogens with zero attached hydrogens (tertiary/aromatic N) is 2. The SMILES string of the molecule is COCC(=O)N(CC(O)C(O)CN(C(=O)COC)c1c(I)c(C(=O)NCC(O)CO)c(I)c(C(=O)NCC(O)CO)c1I)c1c(I)c(C(=O)NCC(O)CO)c(I)c(C(=O)NCC(O)CO)c1I. The standard InChI is InChI=1S/C38H50I6N6O18/c1-67-13-21(61)49(33-29(41)23(35(63)45-3-15(55)9-51)27(39)24(30(33)42)36(64)46-4-16(56)10-52)7-19(59)20(60)8-50(22(62)14-68-2)34-31(43)25(37(65)47-5-17(57)11-53)28(40)26(32(34)44)38(66)48-6-18(58)12-54/h15-20,51-60H,3-14H2,1-2H3,(H,45,63)(H,46,64)(H,47,65)(H,48,66). The van der Waals surface area contributed by atoms with Gasteiger partial charge in [0.25, 0.3) is 35.4 Å². The summed E-state index contributed by atoms with van der Waals surface area (Å²) in [6.45, 7) is -7.45. The van der Waals surface area contributed by atoms with E-state index >= 15 is 0 Å². The molecule has 0 aromatic heterocycles. The summed E-state index contributed by atoms with van der Waals surface area (Å²) < 4.78 is 10.4. The second kappa shape index (κ2) is 31.0. The molecule has 2 rings (SSSR count). The number of nitrogens with one attached hydrogen (secondary N) is 4. The number of rotatable bonds is 27. The summed E-state index contributed by atoms with van der Waals surface area (Å²) in [6, 6.07) is 0. The van der Waals surface area contributed by atoms with Crippen molar-refractivity contribution in [1.82, 2.24) is 21.3 Å². The monoisotopic (exact) mass is 1640 g/mol. The van der Waals surface area contributed by atoms with Gasteiger partial charge in [-0.15, -0.1) is 0 Å². The molecule has 6 unspecified atom stereocenters. The largest absolute Gasteiger partial charge is 0.394 e. The quantitative estimate of drug-likeness (QED) is 0.0397. The molecule has 0 aliphatic carbocycles. The second-order valence-electron chi connectivity index (χ2n) is 14.3. The zero-order valence-electron chi connectivity index (χ0n) is 35.8. The number of aliphatic hydroxyl groups is 10. The van der Waals surface area contributed by atoms with Gasteiger partial charge >= 0.3 is 0 Å². The lowest BCUT2D eigenvalue weighted by molar-refractivity contribution is -0.124. The average Bonchev–Trinajstić information content (AvgIpc) is 3.29. The Labute approximate surface area is 470 Å². The minimum Gasteiger partial charge on any atom is -0.394 e. The Morgan fingerprint density at radius 1 is 0.441 bits per heavy atom. The van der Waals surface area contributed by atoms with E-state index in [9.17, 15) is 79.8 Å². The maximum absolute atomic E-state index is 14.0. The van der Waals surface area contributed by atoms with Crippen molar-refractivity contribution in [3.05, 3.63) is 43.7 Å². The summed E-state index contributed by atoms with van der Waals surface area (Å²) in [4.78, 5) is 85.0. The van der Waals surface area contributed by atoms with E-state index in [1.165, 1.54) is 14.2 Å². The number of aliphatic hydroxyl groups excluding tert-OH is 10. The molecule has 0 radical (unpaired) electrons. The smallest absolute Gasteiger partial charge is 0.253 e. The minimum absolute atomic E-state index is 0.0278. The predicted octanol–water partition coefficient (Wildman–Crippen LogP) is -2.97. The van der Waals surface area contributed by atoms with Crippen molar-refractivity contribution in [2.24, 2.45) is 0 Å². The van der Waals surface area contributed by atoms with Crippen LogP contribution < -0.4 is 31.1 Å². The molecule has 0 heterocycles.